The van der Waals surface area contributed by atoms with Crippen LogP contribution in [0.4, 0.5) is 0 Å². The summed E-state index contributed by atoms with van der Waals surface area (Å²) in [5, 5.41) is 3.06. The molecule has 0 unspecified atom stereocenters. The molecule has 0 fully saturated rings. The monoisotopic (exact) mass is 344 g/mol. The molecular weight excluding hydrogens is 316 g/mol. The first-order chi connectivity index (χ1) is 10.6. The van der Waals surface area contributed by atoms with Gasteiger partial charge in [-0.25, -0.2) is 0 Å². The number of ether oxygens (including phenoxy) is 2. The van der Waals surface area contributed by atoms with Crippen molar-refractivity contribution >= 4 is 18.3 Å². The van der Waals surface area contributed by atoms with Gasteiger partial charge in [0.05, 0.1) is 12.1 Å². The third kappa shape index (κ3) is 6.77. The van der Waals surface area contributed by atoms with Crippen LogP contribution in [0.3, 0.4) is 0 Å². The lowest BCUT2D eigenvalue weighted by Crippen LogP contribution is -2.52. The molecule has 1 amide bonds. The van der Waals surface area contributed by atoms with Crippen molar-refractivity contribution in [2.24, 2.45) is 5.73 Å². The topological polar surface area (TPSA) is 73.6 Å². The van der Waals surface area contributed by atoms with E-state index in [0.29, 0.717) is 31.1 Å². The van der Waals surface area contributed by atoms with Gasteiger partial charge in [0.15, 0.2) is 0 Å². The van der Waals surface area contributed by atoms with E-state index in [1.165, 1.54) is 0 Å². The van der Waals surface area contributed by atoms with Crippen molar-refractivity contribution in [3.8, 4) is 5.75 Å². The van der Waals surface area contributed by atoms with Crippen molar-refractivity contribution < 1.29 is 14.3 Å². The SMILES string of the molecule is CCC(CC)(CN)NC(=O)c1cccc(OCCCOC)c1.Cl. The molecule has 0 aliphatic carbocycles. The molecule has 0 atom stereocenters. The molecular formula is C17H29ClN2O3. The highest BCUT2D eigenvalue weighted by Crippen LogP contribution is 2.17. The fourth-order valence-corrected chi connectivity index (χ4v) is 2.20. The maximum atomic E-state index is 12.4. The Kier molecular flexibility index (Phi) is 10.6. The number of benzene rings is 1. The minimum atomic E-state index is -0.341. The Balaban J connectivity index is 0.00000484. The quantitative estimate of drug-likeness (QED) is 0.640. The number of nitrogens with two attached hydrogens (primary N) is 1. The van der Waals surface area contributed by atoms with Crippen LogP contribution in [0.25, 0.3) is 0 Å². The van der Waals surface area contributed by atoms with Crippen LogP contribution < -0.4 is 15.8 Å². The van der Waals surface area contributed by atoms with Crippen molar-refractivity contribution in [1.82, 2.24) is 5.32 Å². The molecule has 0 aromatic heterocycles. The van der Waals surface area contributed by atoms with E-state index in [1.54, 1.807) is 19.2 Å². The van der Waals surface area contributed by atoms with E-state index >= 15 is 0 Å². The van der Waals surface area contributed by atoms with Crippen LogP contribution in [0.5, 0.6) is 5.75 Å². The number of carbonyl (C=O) groups excluding carboxylic acids is 1. The summed E-state index contributed by atoms with van der Waals surface area (Å²) in [5.41, 5.74) is 6.07. The molecule has 1 aromatic carbocycles. The maximum absolute atomic E-state index is 12.4. The van der Waals surface area contributed by atoms with Gasteiger partial charge in [-0.15, -0.1) is 12.4 Å². The molecule has 0 bridgehead atoms. The second-order valence-corrected chi connectivity index (χ2v) is 5.37. The molecule has 0 aliphatic rings. The molecule has 1 aromatic rings. The predicted molar refractivity (Wildman–Crippen MR) is 95.5 cm³/mol. The van der Waals surface area contributed by atoms with E-state index in [-0.39, 0.29) is 23.9 Å². The summed E-state index contributed by atoms with van der Waals surface area (Å²) < 4.78 is 10.6. The Bertz CT molecular complexity index is 457. The summed E-state index contributed by atoms with van der Waals surface area (Å²) in [6.07, 6.45) is 2.42. The minimum Gasteiger partial charge on any atom is -0.493 e. The molecule has 23 heavy (non-hydrogen) atoms. The van der Waals surface area contributed by atoms with E-state index < -0.39 is 0 Å². The standard InChI is InChI=1S/C17H28N2O3.ClH/c1-4-17(5-2,13-18)19-16(20)14-8-6-9-15(12-14)22-11-7-10-21-3;/h6,8-9,12H,4-5,7,10-11,13,18H2,1-3H3,(H,19,20);1H. The number of rotatable bonds is 10. The van der Waals surface area contributed by atoms with Gasteiger partial charge in [0.1, 0.15) is 5.75 Å². The Morgan fingerprint density at radius 3 is 2.52 bits per heavy atom. The molecule has 0 saturated carbocycles. The molecule has 6 heteroatoms. The molecule has 0 heterocycles. The minimum absolute atomic E-state index is 0. The van der Waals surface area contributed by atoms with Gasteiger partial charge >= 0.3 is 0 Å². The predicted octanol–water partition coefficient (Wildman–Crippen LogP) is 2.77. The number of carbonyl (C=O) groups is 1. The van der Waals surface area contributed by atoms with Gasteiger partial charge in [0, 0.05) is 32.2 Å². The van der Waals surface area contributed by atoms with Gasteiger partial charge < -0.3 is 20.5 Å². The third-order valence-corrected chi connectivity index (χ3v) is 3.98. The third-order valence-electron chi connectivity index (χ3n) is 3.98. The van der Waals surface area contributed by atoms with Crippen LogP contribution in [0.15, 0.2) is 24.3 Å². The van der Waals surface area contributed by atoms with Crippen LogP contribution in [0.2, 0.25) is 0 Å². The summed E-state index contributed by atoms with van der Waals surface area (Å²) in [4.78, 5) is 12.4. The second-order valence-electron chi connectivity index (χ2n) is 5.37. The van der Waals surface area contributed by atoms with Crippen LogP contribution in [0, 0.1) is 0 Å². The molecule has 0 aliphatic heterocycles. The van der Waals surface area contributed by atoms with Crippen LogP contribution in [-0.2, 0) is 4.74 Å². The van der Waals surface area contributed by atoms with Crippen LogP contribution >= 0.6 is 12.4 Å². The summed E-state index contributed by atoms with van der Waals surface area (Å²) in [6.45, 7) is 5.72. The number of nitrogens with one attached hydrogen (secondary N) is 1. The first-order valence-corrected chi connectivity index (χ1v) is 7.85. The first-order valence-electron chi connectivity index (χ1n) is 7.85. The molecule has 3 N–H and O–H groups in total. The summed E-state index contributed by atoms with van der Waals surface area (Å²) in [7, 11) is 1.66. The Morgan fingerprint density at radius 1 is 1.26 bits per heavy atom. The largest absolute Gasteiger partial charge is 0.493 e. The molecule has 132 valence electrons. The lowest BCUT2D eigenvalue weighted by molar-refractivity contribution is 0.0894. The van der Waals surface area contributed by atoms with E-state index in [2.05, 4.69) is 5.32 Å². The highest BCUT2D eigenvalue weighted by atomic mass is 35.5. The van der Waals surface area contributed by atoms with E-state index in [9.17, 15) is 4.79 Å². The van der Waals surface area contributed by atoms with Crippen molar-refractivity contribution in [1.29, 1.82) is 0 Å². The fourth-order valence-electron chi connectivity index (χ4n) is 2.20. The highest BCUT2D eigenvalue weighted by Gasteiger charge is 2.26. The molecule has 1 rings (SSSR count). The van der Waals surface area contributed by atoms with E-state index in [4.69, 9.17) is 15.2 Å². The van der Waals surface area contributed by atoms with Crippen LogP contribution in [0.1, 0.15) is 43.5 Å². The van der Waals surface area contributed by atoms with Crippen molar-refractivity contribution in [3.05, 3.63) is 29.8 Å². The number of methoxy groups -OCH3 is 1. The number of hydrogen-bond acceptors (Lipinski definition) is 4. The lowest BCUT2D eigenvalue weighted by atomic mass is 9.92. The van der Waals surface area contributed by atoms with Gasteiger partial charge in [-0.05, 0) is 31.0 Å². The fraction of sp³-hybridized carbons (Fsp3) is 0.588. The number of amides is 1. The average Bonchev–Trinajstić information content (AvgIpc) is 2.57. The van der Waals surface area contributed by atoms with Crippen molar-refractivity contribution in [2.75, 3.05) is 26.9 Å². The Morgan fingerprint density at radius 2 is 1.96 bits per heavy atom. The molecule has 0 radical (unpaired) electrons. The van der Waals surface area contributed by atoms with E-state index in [1.807, 2.05) is 26.0 Å². The first kappa shape index (κ1) is 21.7. The van der Waals surface area contributed by atoms with Gasteiger partial charge in [-0.1, -0.05) is 19.9 Å². The normalized spacial score (nSPS) is 10.8. The van der Waals surface area contributed by atoms with Crippen molar-refractivity contribution in [2.45, 2.75) is 38.6 Å². The highest BCUT2D eigenvalue weighted by molar-refractivity contribution is 5.95. The zero-order valence-corrected chi connectivity index (χ0v) is 15.1. The smallest absolute Gasteiger partial charge is 0.251 e. The van der Waals surface area contributed by atoms with Gasteiger partial charge in [-0.3, -0.25) is 4.79 Å². The van der Waals surface area contributed by atoms with Gasteiger partial charge in [0.25, 0.3) is 5.91 Å². The summed E-state index contributed by atoms with van der Waals surface area (Å²) in [5.74, 6) is 0.576. The maximum Gasteiger partial charge on any atom is 0.251 e. The summed E-state index contributed by atoms with van der Waals surface area (Å²) in [6, 6.07) is 7.21. The number of hydrogen-bond donors (Lipinski definition) is 2. The second kappa shape index (κ2) is 11.3. The lowest BCUT2D eigenvalue weighted by Gasteiger charge is -2.31. The average molecular weight is 345 g/mol. The molecule has 0 spiro atoms. The van der Waals surface area contributed by atoms with Gasteiger partial charge in [0.2, 0.25) is 0 Å². The van der Waals surface area contributed by atoms with Gasteiger partial charge in [-0.2, -0.15) is 0 Å². The van der Waals surface area contributed by atoms with E-state index in [0.717, 1.165) is 19.3 Å². The summed E-state index contributed by atoms with van der Waals surface area (Å²) >= 11 is 0. The molecule has 5 nitrogen and oxygen atoms in total. The Hall–Kier alpha value is -1.30. The van der Waals surface area contributed by atoms with Crippen LogP contribution in [-0.4, -0.2) is 38.3 Å². The zero-order valence-electron chi connectivity index (χ0n) is 14.3. The Labute approximate surface area is 145 Å². The number of halogens is 1. The molecule has 0 saturated heterocycles. The van der Waals surface area contributed by atoms with Crippen molar-refractivity contribution in [3.63, 3.8) is 0 Å². The zero-order chi connectivity index (χ0) is 16.4.